The Kier molecular flexibility index (Phi) is 5.79. The van der Waals surface area contributed by atoms with Crippen molar-refractivity contribution in [2.75, 3.05) is 6.54 Å². The summed E-state index contributed by atoms with van der Waals surface area (Å²) in [7, 11) is 0. The van der Waals surface area contributed by atoms with Gasteiger partial charge in [-0.2, -0.15) is 13.2 Å². The summed E-state index contributed by atoms with van der Waals surface area (Å²) in [4.78, 5) is 4.19. The van der Waals surface area contributed by atoms with Crippen molar-refractivity contribution in [2.24, 2.45) is 0 Å². The van der Waals surface area contributed by atoms with Gasteiger partial charge in [-0.15, -0.1) is 0 Å². The highest BCUT2D eigenvalue weighted by Gasteiger charge is 2.32. The third kappa shape index (κ3) is 4.34. The average Bonchev–Trinajstić information content (AvgIpc) is 3.11. The van der Waals surface area contributed by atoms with Gasteiger partial charge in [0.15, 0.2) is 0 Å². The van der Waals surface area contributed by atoms with Crippen LogP contribution in [0.25, 0.3) is 22.2 Å². The second-order valence-electron chi connectivity index (χ2n) is 7.75. The molecule has 4 rings (SSSR count). The first-order valence-corrected chi connectivity index (χ1v) is 10.1. The second-order valence-corrected chi connectivity index (χ2v) is 7.75. The van der Waals surface area contributed by atoms with Crippen LogP contribution < -0.4 is 5.32 Å². The summed E-state index contributed by atoms with van der Waals surface area (Å²) >= 11 is 0. The lowest BCUT2D eigenvalue weighted by Crippen LogP contribution is -2.44. The smallest absolute Gasteiger partial charge is 0.392 e. The van der Waals surface area contributed by atoms with Crippen LogP contribution in [-0.2, 0) is 12.7 Å². The molecule has 2 N–H and O–H groups in total. The molecule has 2 heterocycles. The zero-order valence-corrected chi connectivity index (χ0v) is 16.3. The quantitative estimate of drug-likeness (QED) is 0.585. The Morgan fingerprint density at radius 3 is 2.77 bits per heavy atom. The average molecular weight is 421 g/mol. The maximum Gasteiger partial charge on any atom is 0.416 e. The Balaban J connectivity index is 1.67. The van der Waals surface area contributed by atoms with Gasteiger partial charge >= 0.3 is 6.18 Å². The highest BCUT2D eigenvalue weighted by molar-refractivity contribution is 5.93. The number of nitrogens with zero attached hydrogens (tertiary/aromatic N) is 2. The normalized spacial score (nSPS) is 20.0. The molecule has 1 aliphatic heterocycles. The number of aliphatic hydroxyl groups excluding tert-OH is 1. The number of aryl methyl sites for hydroxylation is 1. The van der Waals surface area contributed by atoms with Crippen LogP contribution in [0.15, 0.2) is 42.7 Å². The van der Waals surface area contributed by atoms with E-state index in [-0.39, 0.29) is 17.7 Å². The minimum Gasteiger partial charge on any atom is -0.392 e. The molecular weight excluding hydrogens is 398 g/mol. The minimum absolute atomic E-state index is 0.0213. The number of nitrogens with one attached hydrogen (secondary N) is 1. The summed E-state index contributed by atoms with van der Waals surface area (Å²) in [5.41, 5.74) is 0.629. The number of imidazole rings is 1. The molecule has 2 atom stereocenters. The van der Waals surface area contributed by atoms with E-state index in [1.165, 1.54) is 24.5 Å². The van der Waals surface area contributed by atoms with Gasteiger partial charge in [0, 0.05) is 18.2 Å². The number of hydrogen-bond acceptors (Lipinski definition) is 3. The van der Waals surface area contributed by atoms with Gasteiger partial charge in [-0.05, 0) is 62.1 Å². The first kappa shape index (κ1) is 20.8. The van der Waals surface area contributed by atoms with Crippen LogP contribution in [0.2, 0.25) is 0 Å². The van der Waals surface area contributed by atoms with E-state index < -0.39 is 17.6 Å². The lowest BCUT2D eigenvalue weighted by molar-refractivity contribution is -0.137. The number of aliphatic hydroxyl groups is 1. The van der Waals surface area contributed by atoms with Crippen LogP contribution in [-0.4, -0.2) is 33.3 Å². The molecule has 0 bridgehead atoms. The van der Waals surface area contributed by atoms with Gasteiger partial charge < -0.3 is 15.0 Å². The molecule has 0 saturated carbocycles. The Hall–Kier alpha value is -2.45. The molecule has 8 heteroatoms. The van der Waals surface area contributed by atoms with Gasteiger partial charge in [0.05, 0.1) is 29.0 Å². The van der Waals surface area contributed by atoms with Gasteiger partial charge in [-0.3, -0.25) is 0 Å². The maximum atomic E-state index is 13.8. The molecule has 0 radical (unpaired) electrons. The summed E-state index contributed by atoms with van der Waals surface area (Å²) in [6.45, 7) is 1.41. The SMILES string of the molecule is O[C@H]1CCCN[C@@H]1CCCn1cnc2cc(C(F)(F)F)cc(-c3cccc(F)c3)c21. The number of hydrogen-bond donors (Lipinski definition) is 2. The summed E-state index contributed by atoms with van der Waals surface area (Å²) in [5, 5.41) is 13.4. The van der Waals surface area contributed by atoms with Gasteiger partial charge in [0.25, 0.3) is 0 Å². The van der Waals surface area contributed by atoms with E-state index in [1.54, 1.807) is 6.07 Å². The predicted molar refractivity (Wildman–Crippen MR) is 106 cm³/mol. The Morgan fingerprint density at radius 1 is 1.20 bits per heavy atom. The Morgan fingerprint density at radius 2 is 2.03 bits per heavy atom. The van der Waals surface area contributed by atoms with Gasteiger partial charge in [-0.1, -0.05) is 12.1 Å². The van der Waals surface area contributed by atoms with E-state index in [2.05, 4.69) is 10.3 Å². The van der Waals surface area contributed by atoms with Crippen molar-refractivity contribution in [1.29, 1.82) is 0 Å². The maximum absolute atomic E-state index is 13.8. The van der Waals surface area contributed by atoms with E-state index in [4.69, 9.17) is 0 Å². The Bertz CT molecular complexity index is 1030. The lowest BCUT2D eigenvalue weighted by atomic mass is 9.97. The van der Waals surface area contributed by atoms with Crippen LogP contribution in [0.3, 0.4) is 0 Å². The van der Waals surface area contributed by atoms with Crippen LogP contribution in [0.1, 0.15) is 31.2 Å². The molecule has 30 heavy (non-hydrogen) atoms. The standard InChI is InChI=1S/C22H23F4N3O/c23-16-5-1-4-14(10-16)17-11-15(22(24,25)26)12-19-21(17)29(13-28-19)9-3-6-18-20(30)7-2-8-27-18/h1,4-5,10-13,18,20,27,30H,2-3,6-9H2/t18-,20+/m1/s1. The molecule has 4 nitrogen and oxygen atoms in total. The highest BCUT2D eigenvalue weighted by atomic mass is 19.4. The van der Waals surface area contributed by atoms with Crippen LogP contribution in [0.5, 0.6) is 0 Å². The van der Waals surface area contributed by atoms with Crippen molar-refractivity contribution in [2.45, 2.75) is 50.6 Å². The first-order chi connectivity index (χ1) is 14.3. The predicted octanol–water partition coefficient (Wildman–Crippen LogP) is 4.75. The fourth-order valence-corrected chi connectivity index (χ4v) is 4.13. The number of benzene rings is 2. The number of alkyl halides is 3. The Labute approximate surface area is 171 Å². The van der Waals surface area contributed by atoms with E-state index in [0.29, 0.717) is 23.2 Å². The first-order valence-electron chi connectivity index (χ1n) is 10.1. The highest BCUT2D eigenvalue weighted by Crippen LogP contribution is 2.37. The molecule has 1 aromatic heterocycles. The molecule has 0 unspecified atom stereocenters. The third-order valence-electron chi connectivity index (χ3n) is 5.64. The van der Waals surface area contributed by atoms with Gasteiger partial charge in [0.2, 0.25) is 0 Å². The summed E-state index contributed by atoms with van der Waals surface area (Å²) in [6, 6.07) is 7.67. The lowest BCUT2D eigenvalue weighted by Gasteiger charge is -2.29. The van der Waals surface area contributed by atoms with E-state index >= 15 is 0 Å². The fourth-order valence-electron chi connectivity index (χ4n) is 4.13. The molecule has 0 spiro atoms. The minimum atomic E-state index is -4.52. The number of halogens is 4. The summed E-state index contributed by atoms with van der Waals surface area (Å²) < 4.78 is 55.8. The van der Waals surface area contributed by atoms with Crippen molar-refractivity contribution >= 4 is 11.0 Å². The number of rotatable bonds is 5. The van der Waals surface area contributed by atoms with Crippen molar-refractivity contribution in [3.8, 4) is 11.1 Å². The molecule has 1 saturated heterocycles. The van der Waals surface area contributed by atoms with Gasteiger partial charge in [0.1, 0.15) is 5.82 Å². The van der Waals surface area contributed by atoms with Crippen LogP contribution in [0.4, 0.5) is 17.6 Å². The molecule has 3 aromatic rings. The molecule has 0 amide bonds. The molecular formula is C22H23F4N3O. The van der Waals surface area contributed by atoms with Crippen molar-refractivity contribution in [3.05, 3.63) is 54.1 Å². The number of piperidine rings is 1. The van der Waals surface area contributed by atoms with E-state index in [9.17, 15) is 22.7 Å². The zero-order chi connectivity index (χ0) is 21.3. The summed E-state index contributed by atoms with van der Waals surface area (Å²) in [6.07, 6.45) is -0.185. The fraction of sp³-hybridized carbons (Fsp3) is 0.409. The molecule has 160 valence electrons. The number of fused-ring (bicyclic) bond motifs is 1. The monoisotopic (exact) mass is 421 g/mol. The molecule has 0 aliphatic carbocycles. The van der Waals surface area contributed by atoms with Crippen LogP contribution in [0, 0.1) is 5.82 Å². The molecule has 1 fully saturated rings. The van der Waals surface area contributed by atoms with E-state index in [1.807, 2.05) is 4.57 Å². The summed E-state index contributed by atoms with van der Waals surface area (Å²) in [5.74, 6) is -0.513. The topological polar surface area (TPSA) is 50.1 Å². The van der Waals surface area contributed by atoms with Gasteiger partial charge in [-0.25, -0.2) is 9.37 Å². The van der Waals surface area contributed by atoms with E-state index in [0.717, 1.165) is 44.4 Å². The second kappa shape index (κ2) is 8.35. The molecule has 2 aromatic carbocycles. The molecule has 1 aliphatic rings. The van der Waals surface area contributed by atoms with Crippen molar-refractivity contribution in [1.82, 2.24) is 14.9 Å². The van der Waals surface area contributed by atoms with Crippen LogP contribution >= 0.6 is 0 Å². The van der Waals surface area contributed by atoms with Crippen molar-refractivity contribution < 1.29 is 22.7 Å². The van der Waals surface area contributed by atoms with Crippen molar-refractivity contribution in [3.63, 3.8) is 0 Å². The largest absolute Gasteiger partial charge is 0.416 e. The zero-order valence-electron chi connectivity index (χ0n) is 16.3. The number of aromatic nitrogens is 2. The third-order valence-corrected chi connectivity index (χ3v) is 5.64.